The van der Waals surface area contributed by atoms with E-state index in [1.54, 1.807) is 0 Å². The van der Waals surface area contributed by atoms with E-state index < -0.39 is 6.10 Å². The van der Waals surface area contributed by atoms with Crippen LogP contribution in [0.4, 0.5) is 0 Å². The highest BCUT2D eigenvalue weighted by Gasteiger charge is 2.14. The summed E-state index contributed by atoms with van der Waals surface area (Å²) in [6, 6.07) is 25.8. The number of nitrogens with zero attached hydrogens (tertiary/aromatic N) is 2. The molecule has 148 valence electrons. The van der Waals surface area contributed by atoms with Gasteiger partial charge in [-0.1, -0.05) is 60.2 Å². The number of aromatic nitrogens is 2. The maximum atomic E-state index is 10.6. The molecule has 1 heterocycles. The van der Waals surface area contributed by atoms with E-state index in [-0.39, 0.29) is 6.61 Å². The number of nitrogens with one attached hydrogen (secondary N) is 1. The Hall–Kier alpha value is -3.31. The van der Waals surface area contributed by atoms with Gasteiger partial charge in [0.25, 0.3) is 0 Å². The summed E-state index contributed by atoms with van der Waals surface area (Å²) in [6.07, 6.45) is -0.721. The van der Waals surface area contributed by atoms with E-state index in [4.69, 9.17) is 10.1 Å². The van der Waals surface area contributed by atoms with E-state index in [1.807, 2.05) is 82.8 Å². The lowest BCUT2D eigenvalue weighted by Gasteiger charge is -2.14. The van der Waals surface area contributed by atoms with Crippen molar-refractivity contribution in [2.24, 2.45) is 0 Å². The lowest BCUT2D eigenvalue weighted by molar-refractivity contribution is 0.0921. The minimum atomic E-state index is -0.721. The molecular weight excluding hydrogens is 362 g/mol. The van der Waals surface area contributed by atoms with Crippen molar-refractivity contribution in [3.8, 4) is 5.75 Å². The van der Waals surface area contributed by atoms with Gasteiger partial charge in [0.15, 0.2) is 0 Å². The van der Waals surface area contributed by atoms with Gasteiger partial charge in [0.2, 0.25) is 5.62 Å². The monoisotopic (exact) mass is 387 g/mol. The Kier molecular flexibility index (Phi) is 5.49. The fourth-order valence-corrected chi connectivity index (χ4v) is 3.50. The second kappa shape index (κ2) is 8.37. The molecule has 1 aromatic heterocycles. The smallest absolute Gasteiger partial charge is 0.203 e. The Morgan fingerprint density at radius 1 is 0.862 bits per heavy atom. The van der Waals surface area contributed by atoms with Crippen LogP contribution in [0.25, 0.3) is 11.0 Å². The molecule has 0 unspecified atom stereocenters. The first-order chi connectivity index (χ1) is 14.1. The number of ether oxygens (including phenoxy) is 1. The van der Waals surface area contributed by atoms with Gasteiger partial charge in [-0.25, -0.2) is 0 Å². The van der Waals surface area contributed by atoms with Crippen LogP contribution in [0.3, 0.4) is 0 Å². The third-order valence-corrected chi connectivity index (χ3v) is 5.01. The summed E-state index contributed by atoms with van der Waals surface area (Å²) in [5.41, 5.74) is 4.58. The first-order valence-electron chi connectivity index (χ1n) is 9.76. The molecule has 5 heteroatoms. The van der Waals surface area contributed by atoms with Crippen LogP contribution < -0.4 is 10.4 Å². The summed E-state index contributed by atoms with van der Waals surface area (Å²) in [5, 5.41) is 19.3. The van der Waals surface area contributed by atoms with Gasteiger partial charge in [-0.15, -0.1) is 0 Å². The second-order valence-corrected chi connectivity index (χ2v) is 7.27. The van der Waals surface area contributed by atoms with Crippen molar-refractivity contribution >= 4 is 11.0 Å². The third-order valence-electron chi connectivity index (χ3n) is 5.01. The molecule has 0 amide bonds. The van der Waals surface area contributed by atoms with Crippen molar-refractivity contribution in [1.29, 1.82) is 5.41 Å². The highest BCUT2D eigenvalue weighted by Crippen LogP contribution is 2.16. The third kappa shape index (κ3) is 4.25. The minimum Gasteiger partial charge on any atom is -0.491 e. The zero-order chi connectivity index (χ0) is 20.2. The van der Waals surface area contributed by atoms with Crippen LogP contribution >= 0.6 is 0 Å². The molecule has 0 aliphatic carbocycles. The van der Waals surface area contributed by atoms with Crippen molar-refractivity contribution in [1.82, 2.24) is 9.13 Å². The predicted molar refractivity (Wildman–Crippen MR) is 114 cm³/mol. The molecule has 4 rings (SSSR count). The van der Waals surface area contributed by atoms with Gasteiger partial charge < -0.3 is 19.0 Å². The number of rotatable bonds is 7. The first kappa shape index (κ1) is 19.0. The Labute approximate surface area is 169 Å². The number of benzene rings is 3. The van der Waals surface area contributed by atoms with Crippen LogP contribution in [-0.2, 0) is 13.1 Å². The lowest BCUT2D eigenvalue weighted by Crippen LogP contribution is -2.31. The number of fused-ring (bicyclic) bond motifs is 1. The Morgan fingerprint density at radius 2 is 1.48 bits per heavy atom. The van der Waals surface area contributed by atoms with Crippen molar-refractivity contribution in [3.63, 3.8) is 0 Å². The fraction of sp³-hybridized carbons (Fsp3) is 0.208. The molecule has 0 saturated carbocycles. The molecule has 0 fully saturated rings. The summed E-state index contributed by atoms with van der Waals surface area (Å²) in [6.45, 7) is 3.11. The number of aliphatic hydroxyl groups is 1. The minimum absolute atomic E-state index is 0.174. The summed E-state index contributed by atoms with van der Waals surface area (Å²) < 4.78 is 9.54. The van der Waals surface area contributed by atoms with Gasteiger partial charge in [-0.2, -0.15) is 0 Å². The molecule has 0 aliphatic rings. The SMILES string of the molecule is Cc1ccc(OC[C@@H](O)Cn2c(=N)n(Cc3ccccc3)c3ccccc32)cc1. The number of aliphatic hydroxyl groups excluding tert-OH is 1. The molecule has 3 aromatic carbocycles. The molecule has 0 spiro atoms. The van der Waals surface area contributed by atoms with Gasteiger partial charge in [-0.05, 0) is 36.8 Å². The number of aryl methyl sites for hydroxylation is 1. The van der Waals surface area contributed by atoms with Crippen LogP contribution in [0.15, 0.2) is 78.9 Å². The van der Waals surface area contributed by atoms with Gasteiger partial charge in [0, 0.05) is 0 Å². The molecule has 2 N–H and O–H groups in total. The largest absolute Gasteiger partial charge is 0.491 e. The molecule has 0 saturated heterocycles. The summed E-state index contributed by atoms with van der Waals surface area (Å²) >= 11 is 0. The van der Waals surface area contributed by atoms with Crippen LogP contribution in [0.1, 0.15) is 11.1 Å². The van der Waals surface area contributed by atoms with Crippen molar-refractivity contribution in [2.45, 2.75) is 26.1 Å². The van der Waals surface area contributed by atoms with E-state index in [9.17, 15) is 5.11 Å². The van der Waals surface area contributed by atoms with Gasteiger partial charge in [-0.3, -0.25) is 5.41 Å². The summed E-state index contributed by atoms with van der Waals surface area (Å²) in [4.78, 5) is 0. The van der Waals surface area contributed by atoms with Gasteiger partial charge in [0.1, 0.15) is 18.5 Å². The predicted octanol–water partition coefficient (Wildman–Crippen LogP) is 3.72. The van der Waals surface area contributed by atoms with Crippen molar-refractivity contribution in [3.05, 3.63) is 95.6 Å². The van der Waals surface area contributed by atoms with Crippen LogP contribution in [0.2, 0.25) is 0 Å². The molecular formula is C24H25N3O2. The van der Waals surface area contributed by atoms with Gasteiger partial charge in [0.05, 0.1) is 24.1 Å². The maximum absolute atomic E-state index is 10.6. The molecule has 4 aromatic rings. The zero-order valence-electron chi connectivity index (χ0n) is 16.5. The average molecular weight is 387 g/mol. The fourth-order valence-electron chi connectivity index (χ4n) is 3.50. The zero-order valence-corrected chi connectivity index (χ0v) is 16.5. The topological polar surface area (TPSA) is 63.2 Å². The Bertz CT molecular complexity index is 1140. The maximum Gasteiger partial charge on any atom is 0.203 e. The molecule has 5 nitrogen and oxygen atoms in total. The van der Waals surface area contributed by atoms with Crippen LogP contribution in [0.5, 0.6) is 5.75 Å². The summed E-state index contributed by atoms with van der Waals surface area (Å²) in [5.74, 6) is 0.734. The highest BCUT2D eigenvalue weighted by molar-refractivity contribution is 5.76. The number of hydrogen-bond donors (Lipinski definition) is 2. The second-order valence-electron chi connectivity index (χ2n) is 7.27. The number of imidazole rings is 1. The first-order valence-corrected chi connectivity index (χ1v) is 9.76. The van der Waals surface area contributed by atoms with Crippen molar-refractivity contribution < 1.29 is 9.84 Å². The van der Waals surface area contributed by atoms with Gasteiger partial charge >= 0.3 is 0 Å². The van der Waals surface area contributed by atoms with E-state index in [0.29, 0.717) is 18.7 Å². The normalized spacial score (nSPS) is 12.2. The molecule has 29 heavy (non-hydrogen) atoms. The Balaban J connectivity index is 1.56. The van der Waals surface area contributed by atoms with E-state index in [2.05, 4.69) is 12.1 Å². The highest BCUT2D eigenvalue weighted by atomic mass is 16.5. The van der Waals surface area contributed by atoms with Crippen LogP contribution in [-0.4, -0.2) is 27.0 Å². The Morgan fingerprint density at radius 3 is 2.17 bits per heavy atom. The van der Waals surface area contributed by atoms with Crippen molar-refractivity contribution in [2.75, 3.05) is 6.61 Å². The molecule has 0 aliphatic heterocycles. The number of para-hydroxylation sites is 2. The van der Waals surface area contributed by atoms with E-state index >= 15 is 0 Å². The van der Waals surface area contributed by atoms with Crippen LogP contribution in [0, 0.1) is 12.3 Å². The van der Waals surface area contributed by atoms with E-state index in [0.717, 1.165) is 22.3 Å². The summed E-state index contributed by atoms with van der Waals surface area (Å²) in [7, 11) is 0. The molecule has 1 atom stereocenters. The quantitative estimate of drug-likeness (QED) is 0.508. The standard InChI is InChI=1S/C24H25N3O2/c1-18-11-13-21(14-12-18)29-17-20(28)16-27-23-10-6-5-9-22(23)26(24(27)25)15-19-7-3-2-4-8-19/h2-14,20,25,28H,15-17H2,1H3/t20-/m0/s1. The van der Waals surface area contributed by atoms with E-state index in [1.165, 1.54) is 5.56 Å². The average Bonchev–Trinajstić information content (AvgIpc) is 3.00. The molecule has 0 radical (unpaired) electrons. The number of hydrogen-bond acceptors (Lipinski definition) is 3. The molecule has 0 bridgehead atoms. The lowest BCUT2D eigenvalue weighted by atomic mass is 10.2.